The molecular formula is C4H9Br2NO2. The maximum absolute atomic E-state index is 9.99. The highest BCUT2D eigenvalue weighted by Gasteiger charge is 2.09. The highest BCUT2D eigenvalue weighted by molar-refractivity contribution is 9.10. The first kappa shape index (κ1) is 12.1. The van der Waals surface area contributed by atoms with E-state index in [1.807, 2.05) is 0 Å². The molecule has 1 atom stereocenters. The van der Waals surface area contributed by atoms with E-state index in [0.717, 1.165) is 0 Å². The van der Waals surface area contributed by atoms with E-state index in [2.05, 4.69) is 15.9 Å². The van der Waals surface area contributed by atoms with Crippen LogP contribution < -0.4 is 5.73 Å². The van der Waals surface area contributed by atoms with E-state index in [0.29, 0.717) is 13.0 Å². The quantitative estimate of drug-likeness (QED) is 0.739. The van der Waals surface area contributed by atoms with Crippen molar-refractivity contribution in [2.45, 2.75) is 11.2 Å². The fourth-order valence-electron chi connectivity index (χ4n) is 0.270. The van der Waals surface area contributed by atoms with Crippen molar-refractivity contribution in [3.63, 3.8) is 0 Å². The molecule has 0 radical (unpaired) electrons. The zero-order valence-electron chi connectivity index (χ0n) is 4.71. The number of carboxylic acid groups (broad SMARTS) is 1. The predicted octanol–water partition coefficient (Wildman–Crippen LogP) is 0.761. The standard InChI is InChI=1S/C4H8BrNO2.BrH/c5-3(1-2-6)4(7)8;/h3H,1-2,6H2,(H,7,8);1H. The van der Waals surface area contributed by atoms with Crippen molar-refractivity contribution in [3.8, 4) is 0 Å². The summed E-state index contributed by atoms with van der Waals surface area (Å²) in [7, 11) is 0. The summed E-state index contributed by atoms with van der Waals surface area (Å²) in [5.74, 6) is -0.851. The lowest BCUT2D eigenvalue weighted by Gasteiger charge is -1.98. The van der Waals surface area contributed by atoms with Crippen LogP contribution in [0.1, 0.15) is 6.42 Å². The molecule has 0 aromatic rings. The van der Waals surface area contributed by atoms with Crippen molar-refractivity contribution in [3.05, 3.63) is 0 Å². The zero-order valence-corrected chi connectivity index (χ0v) is 8.01. The van der Waals surface area contributed by atoms with Gasteiger partial charge in [-0.25, -0.2) is 0 Å². The van der Waals surface area contributed by atoms with E-state index in [1.165, 1.54) is 0 Å². The van der Waals surface area contributed by atoms with Crippen molar-refractivity contribution in [2.75, 3.05) is 6.54 Å². The number of carboxylic acids is 1. The van der Waals surface area contributed by atoms with Gasteiger partial charge >= 0.3 is 5.97 Å². The van der Waals surface area contributed by atoms with Gasteiger partial charge in [-0.2, -0.15) is 0 Å². The van der Waals surface area contributed by atoms with Gasteiger partial charge < -0.3 is 10.8 Å². The van der Waals surface area contributed by atoms with E-state index in [9.17, 15) is 4.79 Å². The maximum atomic E-state index is 9.99. The molecule has 5 heteroatoms. The van der Waals surface area contributed by atoms with Crippen LogP contribution in [0, 0.1) is 0 Å². The van der Waals surface area contributed by atoms with Crippen LogP contribution in [-0.2, 0) is 4.79 Å². The molecule has 0 bridgehead atoms. The molecule has 3 N–H and O–H groups in total. The van der Waals surface area contributed by atoms with Gasteiger partial charge in [0.2, 0.25) is 0 Å². The Hall–Kier alpha value is 0.390. The minimum absolute atomic E-state index is 0. The second-order valence-electron chi connectivity index (χ2n) is 1.38. The van der Waals surface area contributed by atoms with E-state index in [1.54, 1.807) is 0 Å². The molecule has 0 amide bonds. The summed E-state index contributed by atoms with van der Waals surface area (Å²) >= 11 is 2.92. The minimum Gasteiger partial charge on any atom is -0.480 e. The molecule has 56 valence electrons. The second-order valence-corrected chi connectivity index (χ2v) is 2.49. The molecule has 9 heavy (non-hydrogen) atoms. The lowest BCUT2D eigenvalue weighted by Crippen LogP contribution is -2.16. The van der Waals surface area contributed by atoms with Crippen LogP contribution >= 0.6 is 32.9 Å². The number of halogens is 2. The zero-order chi connectivity index (χ0) is 6.57. The summed E-state index contributed by atoms with van der Waals surface area (Å²) in [4.78, 5) is 9.51. The van der Waals surface area contributed by atoms with Crippen molar-refractivity contribution in [1.82, 2.24) is 0 Å². The van der Waals surface area contributed by atoms with Gasteiger partial charge in [0.25, 0.3) is 0 Å². The summed E-state index contributed by atoms with van der Waals surface area (Å²) in [5.41, 5.74) is 5.07. The van der Waals surface area contributed by atoms with Gasteiger partial charge in [0, 0.05) is 0 Å². The van der Waals surface area contributed by atoms with Gasteiger partial charge in [-0.1, -0.05) is 15.9 Å². The first-order chi connectivity index (χ1) is 3.68. The maximum Gasteiger partial charge on any atom is 0.317 e. The molecule has 0 heterocycles. The molecule has 0 aliphatic heterocycles. The second kappa shape index (κ2) is 6.51. The number of rotatable bonds is 3. The van der Waals surface area contributed by atoms with Gasteiger partial charge in [0.05, 0.1) is 0 Å². The average molecular weight is 263 g/mol. The summed E-state index contributed by atoms with van der Waals surface area (Å²) in [5, 5.41) is 8.21. The topological polar surface area (TPSA) is 63.3 Å². The van der Waals surface area contributed by atoms with E-state index < -0.39 is 10.8 Å². The molecule has 0 aromatic heterocycles. The van der Waals surface area contributed by atoms with Crippen LogP contribution in [0.15, 0.2) is 0 Å². The molecular weight excluding hydrogens is 254 g/mol. The molecule has 0 aromatic carbocycles. The number of hydrogen-bond donors (Lipinski definition) is 2. The molecule has 0 rings (SSSR count). The number of hydrogen-bond acceptors (Lipinski definition) is 2. The third kappa shape index (κ3) is 6.27. The molecule has 0 saturated carbocycles. The Kier molecular flexibility index (Phi) is 8.75. The summed E-state index contributed by atoms with van der Waals surface area (Å²) in [6.07, 6.45) is 0.481. The largest absolute Gasteiger partial charge is 0.480 e. The highest BCUT2D eigenvalue weighted by atomic mass is 79.9. The number of aliphatic carboxylic acids is 1. The predicted molar refractivity (Wildman–Crippen MR) is 44.3 cm³/mol. The van der Waals surface area contributed by atoms with Crippen molar-refractivity contribution < 1.29 is 9.90 Å². The highest BCUT2D eigenvalue weighted by Crippen LogP contribution is 2.02. The van der Waals surface area contributed by atoms with E-state index >= 15 is 0 Å². The monoisotopic (exact) mass is 261 g/mol. The minimum atomic E-state index is -0.851. The van der Waals surface area contributed by atoms with Crippen LogP contribution in [0.3, 0.4) is 0 Å². The molecule has 0 fully saturated rings. The Morgan fingerprint density at radius 1 is 1.78 bits per heavy atom. The van der Waals surface area contributed by atoms with Gasteiger partial charge in [-0.3, -0.25) is 4.79 Å². The molecule has 0 aliphatic rings. The third-order valence-electron chi connectivity index (χ3n) is 0.688. The Balaban J connectivity index is 0. The molecule has 0 aliphatic carbocycles. The lowest BCUT2D eigenvalue weighted by molar-refractivity contribution is -0.136. The smallest absolute Gasteiger partial charge is 0.317 e. The third-order valence-corrected chi connectivity index (χ3v) is 1.54. The van der Waals surface area contributed by atoms with Crippen LogP contribution in [0.2, 0.25) is 0 Å². The normalized spacial score (nSPS) is 11.8. The SMILES string of the molecule is Br.NCCC(Br)C(=O)O. The Labute approximate surface area is 72.5 Å². The summed E-state index contributed by atoms with van der Waals surface area (Å²) in [6, 6.07) is 0. The van der Waals surface area contributed by atoms with Crippen LogP contribution in [-0.4, -0.2) is 22.4 Å². The first-order valence-corrected chi connectivity index (χ1v) is 3.17. The van der Waals surface area contributed by atoms with Gasteiger partial charge in [0.1, 0.15) is 4.83 Å². The number of carbonyl (C=O) groups is 1. The van der Waals surface area contributed by atoms with Crippen LogP contribution in [0.4, 0.5) is 0 Å². The van der Waals surface area contributed by atoms with Gasteiger partial charge in [0.15, 0.2) is 0 Å². The Morgan fingerprint density at radius 2 is 2.22 bits per heavy atom. The van der Waals surface area contributed by atoms with Gasteiger partial charge in [-0.15, -0.1) is 17.0 Å². The fraction of sp³-hybridized carbons (Fsp3) is 0.750. The van der Waals surface area contributed by atoms with Crippen LogP contribution in [0.25, 0.3) is 0 Å². The molecule has 0 saturated heterocycles. The van der Waals surface area contributed by atoms with Crippen molar-refractivity contribution in [2.24, 2.45) is 5.73 Å². The molecule has 0 spiro atoms. The first-order valence-electron chi connectivity index (χ1n) is 2.25. The Bertz CT molecular complexity index is 88.6. The summed E-state index contributed by atoms with van der Waals surface area (Å²) in [6.45, 7) is 0.405. The fourth-order valence-corrected chi connectivity index (χ4v) is 0.534. The van der Waals surface area contributed by atoms with Crippen LogP contribution in [0.5, 0.6) is 0 Å². The van der Waals surface area contributed by atoms with Crippen molar-refractivity contribution in [1.29, 1.82) is 0 Å². The van der Waals surface area contributed by atoms with Gasteiger partial charge in [-0.05, 0) is 13.0 Å². The van der Waals surface area contributed by atoms with E-state index in [-0.39, 0.29) is 17.0 Å². The Morgan fingerprint density at radius 3 is 2.33 bits per heavy atom. The van der Waals surface area contributed by atoms with Crippen molar-refractivity contribution >= 4 is 38.9 Å². The average Bonchev–Trinajstić information content (AvgIpc) is 1.67. The van der Waals surface area contributed by atoms with E-state index in [4.69, 9.17) is 10.8 Å². The summed E-state index contributed by atoms with van der Waals surface area (Å²) < 4.78 is 0. The number of nitrogens with two attached hydrogens (primary N) is 1. The lowest BCUT2D eigenvalue weighted by atomic mass is 10.3. The molecule has 1 unspecified atom stereocenters. The number of alkyl halides is 1. The molecule has 3 nitrogen and oxygen atoms in total.